The lowest BCUT2D eigenvalue weighted by Crippen LogP contribution is -2.24. The molecule has 2 N–H and O–H groups in total. The zero-order valence-electron chi connectivity index (χ0n) is 8.79. The zero-order valence-corrected chi connectivity index (χ0v) is 8.79. The van der Waals surface area contributed by atoms with Gasteiger partial charge in [0, 0.05) is 6.54 Å². The van der Waals surface area contributed by atoms with E-state index in [0.717, 1.165) is 30.6 Å². The second kappa shape index (κ2) is 3.93. The van der Waals surface area contributed by atoms with Gasteiger partial charge in [-0.3, -0.25) is 0 Å². The van der Waals surface area contributed by atoms with E-state index in [1.54, 1.807) is 6.07 Å². The molecule has 1 aliphatic heterocycles. The fourth-order valence-electron chi connectivity index (χ4n) is 2.08. The second-order valence-corrected chi connectivity index (χ2v) is 4.00. The Bertz CT molecular complexity index is 387. The van der Waals surface area contributed by atoms with E-state index in [1.165, 1.54) is 0 Å². The fourth-order valence-corrected chi connectivity index (χ4v) is 2.08. The summed E-state index contributed by atoms with van der Waals surface area (Å²) in [4.78, 5) is 11.0. The molecule has 0 bridgehead atoms. The smallest absolute Gasteiger partial charge is 0.337 e. The molecule has 0 spiro atoms. The van der Waals surface area contributed by atoms with Crippen LogP contribution in [0.1, 0.15) is 29.3 Å². The van der Waals surface area contributed by atoms with Crippen LogP contribution in [0.4, 0.5) is 5.69 Å². The molecule has 0 saturated carbocycles. The lowest BCUT2D eigenvalue weighted by atomic mass is 9.90. The lowest BCUT2D eigenvalue weighted by molar-refractivity contribution is 0.0697. The van der Waals surface area contributed by atoms with E-state index in [4.69, 9.17) is 5.11 Å². The number of hydrogen-bond acceptors (Lipinski definition) is 2. The van der Waals surface area contributed by atoms with E-state index in [2.05, 4.69) is 12.2 Å². The Balaban J connectivity index is 2.37. The van der Waals surface area contributed by atoms with Crippen LogP contribution in [0.2, 0.25) is 0 Å². The summed E-state index contributed by atoms with van der Waals surface area (Å²) in [6.07, 6.45) is 2.11. The van der Waals surface area contributed by atoms with Crippen molar-refractivity contribution in [3.8, 4) is 0 Å². The minimum atomic E-state index is -0.853. The fraction of sp³-hybridized carbons (Fsp3) is 0.417. The van der Waals surface area contributed by atoms with Crippen LogP contribution in [0.3, 0.4) is 0 Å². The number of aromatic carboxylic acids is 1. The van der Waals surface area contributed by atoms with Crippen molar-refractivity contribution in [3.05, 3.63) is 29.3 Å². The summed E-state index contributed by atoms with van der Waals surface area (Å²) >= 11 is 0. The lowest BCUT2D eigenvalue weighted by Gasteiger charge is -2.26. The molecule has 0 aliphatic carbocycles. The van der Waals surface area contributed by atoms with Crippen molar-refractivity contribution in [1.82, 2.24) is 0 Å². The number of carboxylic acids is 1. The Morgan fingerprint density at radius 3 is 3.07 bits per heavy atom. The first-order valence-corrected chi connectivity index (χ1v) is 5.31. The van der Waals surface area contributed by atoms with Crippen LogP contribution in [0.5, 0.6) is 0 Å². The maximum atomic E-state index is 11.0. The number of carbonyl (C=O) groups is 1. The largest absolute Gasteiger partial charge is 0.478 e. The number of rotatable bonds is 2. The molecule has 1 atom stereocenters. The third-order valence-corrected chi connectivity index (χ3v) is 3.03. The topological polar surface area (TPSA) is 49.3 Å². The maximum absolute atomic E-state index is 11.0. The van der Waals surface area contributed by atoms with Crippen LogP contribution in [-0.4, -0.2) is 17.6 Å². The average molecular weight is 205 g/mol. The molecular formula is C12H15NO2. The zero-order chi connectivity index (χ0) is 10.8. The van der Waals surface area contributed by atoms with Gasteiger partial charge in [0.15, 0.2) is 0 Å². The predicted molar refractivity (Wildman–Crippen MR) is 59.4 cm³/mol. The maximum Gasteiger partial charge on any atom is 0.337 e. The standard InChI is InChI=1S/C12H15NO2/c1-2-8-6-9-4-3-5-10(12(14)15)11(9)13-7-8/h3-5,8,13H,2,6-7H2,1H3,(H,14,15). The van der Waals surface area contributed by atoms with Crippen molar-refractivity contribution in [1.29, 1.82) is 0 Å². The summed E-state index contributed by atoms with van der Waals surface area (Å²) in [5.41, 5.74) is 2.34. The Labute approximate surface area is 89.1 Å². The van der Waals surface area contributed by atoms with E-state index < -0.39 is 5.97 Å². The highest BCUT2D eigenvalue weighted by molar-refractivity contribution is 5.95. The van der Waals surface area contributed by atoms with Gasteiger partial charge in [-0.15, -0.1) is 0 Å². The molecule has 1 aromatic rings. The van der Waals surface area contributed by atoms with Gasteiger partial charge >= 0.3 is 5.97 Å². The number of fused-ring (bicyclic) bond motifs is 1. The molecule has 15 heavy (non-hydrogen) atoms. The Kier molecular flexibility index (Phi) is 2.62. The molecule has 1 aromatic carbocycles. The molecule has 3 nitrogen and oxygen atoms in total. The number of hydrogen-bond donors (Lipinski definition) is 2. The van der Waals surface area contributed by atoms with Crippen LogP contribution in [-0.2, 0) is 6.42 Å². The molecule has 1 unspecified atom stereocenters. The van der Waals surface area contributed by atoms with Gasteiger partial charge in [-0.2, -0.15) is 0 Å². The second-order valence-electron chi connectivity index (χ2n) is 4.00. The van der Waals surface area contributed by atoms with E-state index in [1.807, 2.05) is 12.1 Å². The molecule has 1 aliphatic rings. The van der Waals surface area contributed by atoms with Crippen LogP contribution in [0.15, 0.2) is 18.2 Å². The van der Waals surface area contributed by atoms with Crippen LogP contribution in [0.25, 0.3) is 0 Å². The first-order chi connectivity index (χ1) is 7.22. The summed E-state index contributed by atoms with van der Waals surface area (Å²) in [7, 11) is 0. The van der Waals surface area contributed by atoms with Gasteiger partial charge < -0.3 is 10.4 Å². The Morgan fingerprint density at radius 1 is 1.60 bits per heavy atom. The third-order valence-electron chi connectivity index (χ3n) is 3.03. The normalized spacial score (nSPS) is 19.1. The molecule has 0 saturated heterocycles. The first-order valence-electron chi connectivity index (χ1n) is 5.31. The number of anilines is 1. The minimum absolute atomic E-state index is 0.391. The number of carboxylic acid groups (broad SMARTS) is 1. The summed E-state index contributed by atoms with van der Waals surface area (Å²) in [5.74, 6) is -0.226. The van der Waals surface area contributed by atoms with Gasteiger partial charge in [-0.05, 0) is 24.0 Å². The number of nitrogens with one attached hydrogen (secondary N) is 1. The highest BCUT2D eigenvalue weighted by atomic mass is 16.4. The SMILES string of the molecule is CCC1CNc2c(cccc2C(=O)O)C1. The van der Waals surface area contributed by atoms with E-state index >= 15 is 0 Å². The van der Waals surface area contributed by atoms with Crippen LogP contribution < -0.4 is 5.32 Å². The molecule has 0 amide bonds. The van der Waals surface area contributed by atoms with Crippen molar-refractivity contribution in [2.24, 2.45) is 5.92 Å². The Hall–Kier alpha value is -1.51. The molecule has 0 aromatic heterocycles. The van der Waals surface area contributed by atoms with E-state index in [9.17, 15) is 4.79 Å². The monoisotopic (exact) mass is 205 g/mol. The van der Waals surface area contributed by atoms with Gasteiger partial charge in [0.05, 0.1) is 11.3 Å². The summed E-state index contributed by atoms with van der Waals surface area (Å²) < 4.78 is 0. The van der Waals surface area contributed by atoms with Crippen molar-refractivity contribution in [2.45, 2.75) is 19.8 Å². The molecule has 3 heteroatoms. The highest BCUT2D eigenvalue weighted by Gasteiger charge is 2.21. The predicted octanol–water partition coefficient (Wildman–Crippen LogP) is 2.38. The van der Waals surface area contributed by atoms with Gasteiger partial charge in [-0.1, -0.05) is 25.5 Å². The van der Waals surface area contributed by atoms with Gasteiger partial charge in [0.2, 0.25) is 0 Å². The molecule has 2 rings (SSSR count). The summed E-state index contributed by atoms with van der Waals surface area (Å²) in [6, 6.07) is 5.49. The minimum Gasteiger partial charge on any atom is -0.478 e. The molecule has 80 valence electrons. The van der Waals surface area contributed by atoms with Crippen LogP contribution >= 0.6 is 0 Å². The molecular weight excluding hydrogens is 190 g/mol. The van der Waals surface area contributed by atoms with Crippen molar-refractivity contribution in [3.63, 3.8) is 0 Å². The molecule has 0 fully saturated rings. The van der Waals surface area contributed by atoms with Gasteiger partial charge in [0.25, 0.3) is 0 Å². The average Bonchev–Trinajstić information content (AvgIpc) is 2.27. The van der Waals surface area contributed by atoms with E-state index in [0.29, 0.717) is 11.5 Å². The number of para-hydroxylation sites is 1. The Morgan fingerprint density at radius 2 is 2.40 bits per heavy atom. The summed E-state index contributed by atoms with van der Waals surface area (Å²) in [5, 5.41) is 12.3. The molecule has 1 heterocycles. The van der Waals surface area contributed by atoms with E-state index in [-0.39, 0.29) is 0 Å². The van der Waals surface area contributed by atoms with Crippen LogP contribution in [0, 0.1) is 5.92 Å². The third kappa shape index (κ3) is 1.82. The number of benzene rings is 1. The van der Waals surface area contributed by atoms with Crippen molar-refractivity contribution >= 4 is 11.7 Å². The highest BCUT2D eigenvalue weighted by Crippen LogP contribution is 2.29. The first kappa shape index (κ1) is 10.0. The quantitative estimate of drug-likeness (QED) is 0.779. The van der Waals surface area contributed by atoms with Crippen molar-refractivity contribution in [2.75, 3.05) is 11.9 Å². The van der Waals surface area contributed by atoms with Gasteiger partial charge in [0.1, 0.15) is 0 Å². The van der Waals surface area contributed by atoms with Crippen molar-refractivity contribution < 1.29 is 9.90 Å². The molecule has 0 radical (unpaired) electrons. The summed E-state index contributed by atoms with van der Waals surface area (Å²) in [6.45, 7) is 3.05. The van der Waals surface area contributed by atoms with Gasteiger partial charge in [-0.25, -0.2) is 4.79 Å².